The zero-order valence-electron chi connectivity index (χ0n) is 45.5. The first-order chi connectivity index (χ1) is 29.6. The summed E-state index contributed by atoms with van der Waals surface area (Å²) in [5.74, 6) is 0. The monoisotopic (exact) mass is 1450 g/mol. The van der Waals surface area contributed by atoms with E-state index in [2.05, 4.69) is 0 Å². The molecule has 84 heavy (non-hydrogen) atoms. The van der Waals surface area contributed by atoms with Gasteiger partial charge in [0.25, 0.3) is 0 Å². The number of rotatable bonds is 12. The van der Waals surface area contributed by atoms with Crippen molar-refractivity contribution in [2.24, 2.45) is 0 Å². The molecule has 0 rings (SSSR count). The van der Waals surface area contributed by atoms with Crippen LogP contribution in [0.15, 0.2) is 0 Å². The molecule has 41 nitrogen and oxygen atoms in total. The molecule has 0 amide bonds. The average molecular weight is 1450 g/mol. The summed E-state index contributed by atoms with van der Waals surface area (Å²) in [6.45, 7) is 4.87. The summed E-state index contributed by atoms with van der Waals surface area (Å²) < 4.78 is 25.3. The van der Waals surface area contributed by atoms with E-state index >= 15 is 0 Å². The first-order valence-corrected chi connectivity index (χ1v) is 15.2. The molecule has 0 aliphatic carbocycles. The molecule has 0 fully saturated rings. The fourth-order valence-electron chi connectivity index (χ4n) is 0.826. The molecule has 0 unspecified atom stereocenters. The van der Waals surface area contributed by atoms with E-state index in [1.54, 1.807) is 14.2 Å². The van der Waals surface area contributed by atoms with E-state index in [4.69, 9.17) is 228 Å². The zero-order chi connectivity index (χ0) is 56.8. The normalized spacial score (nSPS) is 6.00. The van der Waals surface area contributed by atoms with Gasteiger partial charge in [-0.05, 0) is 0 Å². The van der Waals surface area contributed by atoms with E-state index in [9.17, 15) is 0 Å². The van der Waals surface area contributed by atoms with Crippen LogP contribution in [0.4, 0.5) is 0 Å². The van der Waals surface area contributed by atoms with Gasteiger partial charge in [0.1, 0.15) is 0 Å². The maximum Gasteiger partial charge on any atom is 2.00 e. The minimum Gasteiger partial charge on any atom is -0.907 e. The van der Waals surface area contributed by atoms with Crippen LogP contribution in [0.1, 0.15) is 0 Å². The van der Waals surface area contributed by atoms with Crippen molar-refractivity contribution in [3.05, 3.63) is 0 Å². The molecule has 0 heterocycles. The van der Waals surface area contributed by atoms with Crippen LogP contribution in [0.2, 0.25) is 0 Å². The van der Waals surface area contributed by atoms with Crippen molar-refractivity contribution in [3.63, 3.8) is 0 Å². The summed E-state index contributed by atoms with van der Waals surface area (Å²) in [6.07, 6.45) is 0. The Hall–Kier alpha value is 13.5. The number of methoxy groups -OCH3 is 2. The smallest absolute Gasteiger partial charge is 0.907 e. The van der Waals surface area contributed by atoms with Crippen molar-refractivity contribution in [1.29, 1.82) is 0 Å². The second-order valence-electron chi connectivity index (χ2n) is 6.39. The molecule has 0 atom stereocenters. The van der Waals surface area contributed by atoms with Crippen LogP contribution in [-0.2, 0) is 23.7 Å². The number of hydrogen-bond acceptors (Lipinski definition) is 41. The predicted octanol–water partition coefficient (Wildman–Crippen LogP) is -52.5. The van der Waals surface area contributed by atoms with E-state index in [0.29, 0.717) is 52.9 Å². The summed E-state index contributed by atoms with van der Waals surface area (Å²) >= 11 is 9.53. The van der Waals surface area contributed by atoms with E-state index in [1.807, 2.05) is 0 Å². The molecule has 0 aliphatic rings. The van der Waals surface area contributed by atoms with E-state index in [-0.39, 0.29) is 420 Å². The van der Waals surface area contributed by atoms with Gasteiger partial charge in [0.2, 0.25) is 0 Å². The van der Waals surface area contributed by atoms with Crippen molar-refractivity contribution in [1.82, 2.24) is 0 Å². The maximum absolute atomic E-state index is 8.42. The Bertz CT molecular complexity index is 525. The molecule has 0 aliphatic heterocycles. The summed E-state index contributed by atoms with van der Waals surface area (Å²) in [7, 11) is -31.7. The Labute approximate surface area is 788 Å². The van der Waals surface area contributed by atoms with Gasteiger partial charge in [0.05, 0.1) is 58.2 Å². The second kappa shape index (κ2) is 218. The molecule has 0 spiro atoms. The van der Waals surface area contributed by atoms with Gasteiger partial charge in [-0.25, -0.2) is 0 Å². The van der Waals surface area contributed by atoms with Crippen LogP contribution in [-0.4, -0.2) is 575 Å². The summed E-state index contributed by atoms with van der Waals surface area (Å²) in [6, 6.07) is 0. The van der Waals surface area contributed by atoms with Crippen LogP contribution < -0.4 is 181 Å². The first-order valence-electron chi connectivity index (χ1n) is 14.1. The van der Waals surface area contributed by atoms with E-state index in [1.165, 1.54) is 0 Å². The number of hydrogen-bond donors (Lipinski definition) is 0. The van der Waals surface area contributed by atoms with Crippen LogP contribution in [0.3, 0.4) is 0 Å². The van der Waals surface area contributed by atoms with Crippen molar-refractivity contribution < 1.29 is 205 Å². The molecule has 0 aromatic heterocycles. The molecule has 73 heteroatoms. The van der Waals surface area contributed by atoms with E-state index in [0.717, 1.165) is 0 Å². The molecule has 0 N–H and O–H groups in total. The second-order valence-corrected chi connectivity index (χ2v) is 7.20. The van der Waals surface area contributed by atoms with Gasteiger partial charge in [-0.3, -0.25) is 87.9 Å². The molecular formula is C11H24B12Cl2Mg18O41. The molecule has 0 bridgehead atoms. The van der Waals surface area contributed by atoms with Crippen molar-refractivity contribution in [2.75, 3.05) is 72.4 Å². The van der Waals surface area contributed by atoms with Crippen molar-refractivity contribution in [3.8, 4) is 0 Å². The predicted molar refractivity (Wildman–Crippen MR) is 245 cm³/mol. The van der Waals surface area contributed by atoms with Gasteiger partial charge in [0, 0.05) is 14.2 Å². The van der Waals surface area contributed by atoms with Crippen LogP contribution in [0.25, 0.3) is 0 Å². The standard InChI is InChI=1S/C10H22O5.CH2Cl2.12BO3.18Mg/c1-11-3-5-13-7-9-15-10-8-14-6-4-12-2;2-1-3;12*2-1(3)4;;;;;;;;;;;;;;;;;;/h3-10H2,1-2H3;1H2;;;;;;;;;;;;;;;;;;;;;;;;;;;;;;/q;;12*-3;18*+2. The summed E-state index contributed by atoms with van der Waals surface area (Å²) in [4.78, 5) is 0. The minimum absolute atomic E-state index is 0. The van der Waals surface area contributed by atoms with Crippen LogP contribution in [0, 0.1) is 0 Å². The Morgan fingerprint density at radius 2 is 0.226 bits per heavy atom. The SMILES string of the molecule is COCCOCCOCCOCCOC.ClCCl.[Mg+2].[Mg+2].[Mg+2].[Mg+2].[Mg+2].[Mg+2].[Mg+2].[Mg+2].[Mg+2].[Mg+2].[Mg+2].[Mg+2].[Mg+2].[Mg+2].[Mg+2].[Mg+2].[Mg+2].[Mg+2].[O-]B([O-])[O-].[O-]B([O-])[O-].[O-]B([O-])[O-].[O-]B([O-])[O-].[O-]B([O-])[O-].[O-]B([O-])[O-].[O-]B([O-])[O-].[O-]B([O-])[O-].[O-]B([O-])[O-].[O-]B([O-])[O-].[O-]B([O-])[O-].[O-]B([O-])[O-]. The topological polar surface area (TPSA) is 876 Å². The Kier molecular flexibility index (Phi) is 550. The Morgan fingerprint density at radius 1 is 0.179 bits per heavy atom. The maximum atomic E-state index is 8.42. The minimum atomic E-state index is -2.92. The fraction of sp³-hybridized carbons (Fsp3) is 1.00. The molecule has 0 saturated carbocycles. The number of halogens is 2. The third-order valence-corrected chi connectivity index (χ3v) is 1.61. The molecule has 400 valence electrons. The number of alkyl halides is 2. The van der Waals surface area contributed by atoms with Crippen LogP contribution in [0.5, 0.6) is 0 Å². The number of ether oxygens (including phenoxy) is 5. The van der Waals surface area contributed by atoms with Gasteiger partial charge >= 0.3 is 415 Å². The van der Waals surface area contributed by atoms with Crippen molar-refractivity contribution >= 4 is 526 Å². The first kappa shape index (κ1) is 212. The summed E-state index contributed by atoms with van der Waals surface area (Å²) in [5.41, 5.74) is 0. The fourth-order valence-corrected chi connectivity index (χ4v) is 0.826. The van der Waals surface area contributed by atoms with Crippen molar-refractivity contribution in [2.45, 2.75) is 0 Å². The quantitative estimate of drug-likeness (QED) is 0.0994. The van der Waals surface area contributed by atoms with Gasteiger partial charge in [0.15, 0.2) is 0 Å². The Balaban J connectivity index is -0.0000000117. The molecule has 0 aromatic carbocycles. The van der Waals surface area contributed by atoms with E-state index < -0.39 is 87.9 Å². The summed E-state index contributed by atoms with van der Waals surface area (Å²) in [5, 5.41) is 303. The molecular weight excluding hydrogens is 1430 g/mol. The third kappa shape index (κ3) is 1310. The molecule has 0 radical (unpaired) electrons. The van der Waals surface area contributed by atoms with Gasteiger partial charge in [-0.15, -0.1) is 23.2 Å². The molecule has 0 aromatic rings. The van der Waals surface area contributed by atoms with Crippen LogP contribution >= 0.6 is 23.2 Å². The zero-order valence-corrected chi connectivity index (χ0v) is 72.5. The average Bonchev–Trinajstić information content (AvgIpc) is 3.01. The van der Waals surface area contributed by atoms with Gasteiger partial charge in [-0.1, -0.05) is 0 Å². The van der Waals surface area contributed by atoms with Gasteiger partial charge in [-0.2, -0.15) is 0 Å². The molecule has 0 saturated heterocycles. The van der Waals surface area contributed by atoms with Gasteiger partial charge < -0.3 is 205 Å². The Morgan fingerprint density at radius 3 is 0.274 bits per heavy atom. The largest absolute Gasteiger partial charge is 2.00 e. The third-order valence-electron chi connectivity index (χ3n) is 1.61.